The predicted molar refractivity (Wildman–Crippen MR) is 170 cm³/mol. The number of rotatable bonds is 12. The van der Waals surface area contributed by atoms with Crippen LogP contribution in [0.4, 0.5) is 5.69 Å². The van der Waals surface area contributed by atoms with Gasteiger partial charge in [-0.05, 0) is 54.7 Å². The van der Waals surface area contributed by atoms with E-state index < -0.39 is 16.1 Å². The summed E-state index contributed by atoms with van der Waals surface area (Å²) in [5.41, 5.74) is 3.35. The van der Waals surface area contributed by atoms with Crippen molar-refractivity contribution in [1.82, 2.24) is 15.5 Å². The van der Waals surface area contributed by atoms with Gasteiger partial charge in [0.2, 0.25) is 21.8 Å². The number of nitrogens with zero attached hydrogens (tertiary/aromatic N) is 3. The molecule has 3 amide bonds. The molecule has 0 aliphatic carbocycles. The van der Waals surface area contributed by atoms with Crippen LogP contribution in [0.2, 0.25) is 0 Å². The molecule has 4 N–H and O–H groups in total. The third-order valence-corrected chi connectivity index (χ3v) is 8.96. The number of hydrogen-bond acceptors (Lipinski definition) is 8. The Morgan fingerprint density at radius 3 is 2.20 bits per heavy atom. The van der Waals surface area contributed by atoms with E-state index in [0.29, 0.717) is 36.2 Å². The van der Waals surface area contributed by atoms with Crippen LogP contribution in [0.15, 0.2) is 93.7 Å². The van der Waals surface area contributed by atoms with Crippen molar-refractivity contribution >= 4 is 56.2 Å². The molecule has 2 aliphatic rings. The number of amides is 3. The molecule has 1 atom stereocenters. The molecule has 0 spiro atoms. The first-order chi connectivity index (χ1) is 21.2. The second kappa shape index (κ2) is 14.0. The van der Waals surface area contributed by atoms with Crippen molar-refractivity contribution in [3.63, 3.8) is 0 Å². The number of carbonyl (C=O) groups excluding carboxylic acids is 3. The third-order valence-electron chi connectivity index (χ3n) is 7.09. The molecule has 3 aromatic carbocycles. The number of benzene rings is 3. The van der Waals surface area contributed by atoms with Gasteiger partial charge in [-0.2, -0.15) is 0 Å². The molecule has 0 saturated heterocycles. The summed E-state index contributed by atoms with van der Waals surface area (Å²) in [6.45, 7) is 0.851. The summed E-state index contributed by atoms with van der Waals surface area (Å²) in [6.07, 6.45) is 1.64. The zero-order valence-corrected chi connectivity index (χ0v) is 25.4. The first-order valence-corrected chi connectivity index (χ1v) is 16.6. The number of sulfonamides is 1. The summed E-state index contributed by atoms with van der Waals surface area (Å²) in [4.78, 5) is 49.4. The fourth-order valence-corrected chi connectivity index (χ4v) is 6.15. The Morgan fingerprint density at radius 2 is 1.50 bits per heavy atom. The lowest BCUT2D eigenvalue weighted by molar-refractivity contribution is -0.125. The van der Waals surface area contributed by atoms with Crippen molar-refractivity contribution in [1.29, 1.82) is 0 Å². The van der Waals surface area contributed by atoms with Crippen LogP contribution in [0.5, 0.6) is 0 Å². The number of hydrogen-bond donors (Lipinski definition) is 3. The Balaban J connectivity index is 1.14. The summed E-state index contributed by atoms with van der Waals surface area (Å²) in [5.74, 6) is -0.162. The number of nitrogens with two attached hydrogens (primary N) is 1. The first kappa shape index (κ1) is 31.1. The lowest BCUT2D eigenvalue weighted by Crippen LogP contribution is -2.42. The van der Waals surface area contributed by atoms with Crippen LogP contribution in [0.1, 0.15) is 29.5 Å². The zero-order chi connectivity index (χ0) is 31.1. The number of para-hydroxylation sites is 1. The largest absolute Gasteiger partial charge is 0.356 e. The Labute approximate surface area is 260 Å². The molecule has 0 fully saturated rings. The minimum atomic E-state index is -3.76. The normalized spacial score (nSPS) is 15.6. The van der Waals surface area contributed by atoms with Gasteiger partial charge in [-0.25, -0.2) is 23.4 Å². The summed E-state index contributed by atoms with van der Waals surface area (Å²) in [6, 6.07) is 22.7. The van der Waals surface area contributed by atoms with E-state index in [0.717, 1.165) is 34.9 Å². The van der Waals surface area contributed by atoms with E-state index in [2.05, 4.69) is 20.6 Å². The lowest BCUT2D eigenvalue weighted by atomic mass is 10.1. The maximum Gasteiger partial charge on any atom is 0.259 e. The van der Waals surface area contributed by atoms with E-state index in [1.54, 1.807) is 12.1 Å². The van der Waals surface area contributed by atoms with Gasteiger partial charge in [0.15, 0.2) is 5.17 Å². The van der Waals surface area contributed by atoms with E-state index in [4.69, 9.17) is 5.14 Å². The Kier molecular flexibility index (Phi) is 9.88. The van der Waals surface area contributed by atoms with E-state index in [-0.39, 0.29) is 41.2 Å². The molecule has 11 nitrogen and oxygen atoms in total. The molecule has 228 valence electrons. The summed E-state index contributed by atoms with van der Waals surface area (Å²) in [5, 5.41) is 11.2. The summed E-state index contributed by atoms with van der Waals surface area (Å²) in [7, 11) is -3.76. The highest BCUT2D eigenvalue weighted by Crippen LogP contribution is 2.34. The van der Waals surface area contributed by atoms with Gasteiger partial charge in [0.25, 0.3) is 5.91 Å². The molecular formula is C31H32N6O5S2. The molecule has 0 aromatic heterocycles. The average Bonchev–Trinajstić information content (AvgIpc) is 3.35. The molecule has 5 rings (SSSR count). The number of carbonyl (C=O) groups is 3. The molecule has 44 heavy (non-hydrogen) atoms. The van der Waals surface area contributed by atoms with Crippen LogP contribution in [-0.2, 0) is 37.2 Å². The van der Waals surface area contributed by atoms with Crippen LogP contribution in [0, 0.1) is 0 Å². The van der Waals surface area contributed by atoms with Crippen LogP contribution in [0.25, 0.3) is 0 Å². The van der Waals surface area contributed by atoms with Gasteiger partial charge >= 0.3 is 0 Å². The van der Waals surface area contributed by atoms with Crippen LogP contribution in [-0.4, -0.2) is 66.9 Å². The number of aliphatic imine (C=N–C) groups is 2. The second-order valence-electron chi connectivity index (χ2n) is 10.3. The molecule has 0 radical (unpaired) electrons. The van der Waals surface area contributed by atoms with E-state index >= 15 is 0 Å². The van der Waals surface area contributed by atoms with Crippen molar-refractivity contribution in [2.45, 2.75) is 36.6 Å². The minimum absolute atomic E-state index is 0.0247. The van der Waals surface area contributed by atoms with Gasteiger partial charge in [0.1, 0.15) is 11.9 Å². The summed E-state index contributed by atoms with van der Waals surface area (Å²) < 4.78 is 22.8. The van der Waals surface area contributed by atoms with Crippen molar-refractivity contribution < 1.29 is 22.8 Å². The minimum Gasteiger partial charge on any atom is -0.356 e. The zero-order valence-electron chi connectivity index (χ0n) is 23.8. The molecule has 0 bridgehead atoms. The van der Waals surface area contributed by atoms with E-state index in [1.165, 1.54) is 17.0 Å². The van der Waals surface area contributed by atoms with Gasteiger partial charge in [0, 0.05) is 25.1 Å². The predicted octanol–water partition coefficient (Wildman–Crippen LogP) is 2.52. The standard InChI is InChI=1S/C31H32N6O5S2/c32-44(41,42)23-12-10-22(11-13-23)17-19-34-28(39)20-43-31-36-25-9-5-4-8-24(25)29-35-26(30(40)37(29)31)14-15-27(38)33-18-16-21-6-2-1-3-7-21/h1-13,26H,14-20H2,(H,33,38)(H,34,39)(H2,32,41,42). The topological polar surface area (TPSA) is 163 Å². The highest BCUT2D eigenvalue weighted by molar-refractivity contribution is 8.14. The monoisotopic (exact) mass is 632 g/mol. The first-order valence-electron chi connectivity index (χ1n) is 14.1. The molecule has 2 aliphatic heterocycles. The van der Waals surface area contributed by atoms with E-state index in [9.17, 15) is 22.8 Å². The fourth-order valence-electron chi connectivity index (χ4n) is 4.81. The van der Waals surface area contributed by atoms with Crippen molar-refractivity contribution in [2.24, 2.45) is 15.1 Å². The van der Waals surface area contributed by atoms with Crippen LogP contribution in [0.3, 0.4) is 0 Å². The third kappa shape index (κ3) is 7.78. The summed E-state index contributed by atoms with van der Waals surface area (Å²) >= 11 is 1.14. The smallest absolute Gasteiger partial charge is 0.259 e. The van der Waals surface area contributed by atoms with Crippen LogP contribution >= 0.6 is 11.8 Å². The Hall–Kier alpha value is -4.33. The average molecular weight is 633 g/mol. The van der Waals surface area contributed by atoms with Gasteiger partial charge in [0.05, 0.1) is 16.3 Å². The molecule has 13 heteroatoms. The number of thioether (sulfide) groups is 1. The maximum absolute atomic E-state index is 13.5. The second-order valence-corrected chi connectivity index (χ2v) is 12.8. The number of fused-ring (bicyclic) bond motifs is 3. The highest BCUT2D eigenvalue weighted by Gasteiger charge is 2.41. The quantitative estimate of drug-likeness (QED) is 0.278. The number of amidine groups is 2. The number of nitrogens with one attached hydrogen (secondary N) is 2. The fraction of sp³-hybridized carbons (Fsp3) is 0.258. The number of primary sulfonamides is 1. The molecule has 2 heterocycles. The Bertz CT molecular complexity index is 1710. The molecule has 3 aromatic rings. The molecular weight excluding hydrogens is 601 g/mol. The molecule has 0 saturated carbocycles. The SMILES string of the molecule is NS(=O)(=O)c1ccc(CCNC(=O)CSC2=Nc3ccccc3C3=NC(CCC(=O)NCCc4ccccc4)C(=O)N23)cc1. The lowest BCUT2D eigenvalue weighted by Gasteiger charge is -2.25. The van der Waals surface area contributed by atoms with E-state index in [1.807, 2.05) is 54.6 Å². The van der Waals surface area contributed by atoms with Crippen molar-refractivity contribution in [3.05, 3.63) is 95.6 Å². The van der Waals surface area contributed by atoms with Gasteiger partial charge in [-0.15, -0.1) is 0 Å². The van der Waals surface area contributed by atoms with Crippen molar-refractivity contribution in [2.75, 3.05) is 18.8 Å². The van der Waals surface area contributed by atoms with Crippen molar-refractivity contribution in [3.8, 4) is 0 Å². The van der Waals surface area contributed by atoms with Gasteiger partial charge in [-0.3, -0.25) is 19.4 Å². The van der Waals surface area contributed by atoms with Gasteiger partial charge < -0.3 is 10.6 Å². The molecule has 1 unspecified atom stereocenters. The Morgan fingerprint density at radius 1 is 0.864 bits per heavy atom. The highest BCUT2D eigenvalue weighted by atomic mass is 32.2. The maximum atomic E-state index is 13.5. The van der Waals surface area contributed by atoms with Gasteiger partial charge in [-0.1, -0.05) is 66.4 Å². The van der Waals surface area contributed by atoms with Crippen LogP contribution < -0.4 is 15.8 Å².